The number of benzene rings is 7. The topological polar surface area (TPSA) is 30.7 Å². The molecule has 0 bridgehead atoms. The molecule has 0 aliphatic heterocycles. The van der Waals surface area contributed by atoms with Crippen LogP contribution in [0, 0.1) is 0 Å². The van der Waals surface area contributed by atoms with Gasteiger partial charge < -0.3 is 0 Å². The second kappa shape index (κ2) is 8.96. The molecule has 0 N–H and O–H groups in total. The Labute approximate surface area is 256 Å². The van der Waals surface area contributed by atoms with Crippen LogP contribution in [0.15, 0.2) is 140 Å². The van der Waals surface area contributed by atoms with Gasteiger partial charge in [0.2, 0.25) is 5.95 Å². The van der Waals surface area contributed by atoms with Crippen LogP contribution in [0.2, 0.25) is 0 Å². The lowest BCUT2D eigenvalue weighted by Gasteiger charge is -2.14. The summed E-state index contributed by atoms with van der Waals surface area (Å²) in [6, 6.07) is 49.8. The highest BCUT2D eigenvalue weighted by Gasteiger charge is 2.22. The lowest BCUT2D eigenvalue weighted by Crippen LogP contribution is -2.04. The Morgan fingerprint density at radius 3 is 1.98 bits per heavy atom. The van der Waals surface area contributed by atoms with Gasteiger partial charge in [-0.05, 0) is 29.0 Å². The average Bonchev–Trinajstić information content (AvgIpc) is 3.64. The van der Waals surface area contributed by atoms with Gasteiger partial charge in [-0.1, -0.05) is 121 Å². The Morgan fingerprint density at radius 1 is 0.477 bits per heavy atom. The number of hydrogen-bond acceptors (Lipinski definition) is 3. The number of nitrogens with zero attached hydrogens (tertiary/aromatic N) is 3. The molecule has 10 aromatic rings. The molecule has 44 heavy (non-hydrogen) atoms. The third kappa shape index (κ3) is 3.26. The van der Waals surface area contributed by atoms with Crippen LogP contribution >= 0.6 is 11.3 Å². The molecule has 0 atom stereocenters. The summed E-state index contributed by atoms with van der Waals surface area (Å²) in [5, 5.41) is 10.8. The Bertz CT molecular complexity index is 2770. The second-order valence-electron chi connectivity index (χ2n) is 11.4. The lowest BCUT2D eigenvalue weighted by atomic mass is 10.0. The summed E-state index contributed by atoms with van der Waals surface area (Å²) in [6.45, 7) is 0. The molecule has 204 valence electrons. The van der Waals surface area contributed by atoms with Gasteiger partial charge in [0.1, 0.15) is 0 Å². The fourth-order valence-electron chi connectivity index (χ4n) is 7.02. The van der Waals surface area contributed by atoms with E-state index in [9.17, 15) is 0 Å². The van der Waals surface area contributed by atoms with E-state index in [1.54, 1.807) is 0 Å². The SMILES string of the molecule is c1ccc(-c2nc(-n3c4ccc5c6ccccc6sc5c4c4ccc5ccccc5c43)nc3c2ccc2ccccc23)cc1. The molecule has 0 spiro atoms. The molecule has 0 radical (unpaired) electrons. The zero-order chi connectivity index (χ0) is 28.8. The van der Waals surface area contributed by atoms with Crippen LogP contribution in [0.25, 0.3) is 91.6 Å². The van der Waals surface area contributed by atoms with Crippen molar-refractivity contribution in [2.24, 2.45) is 0 Å². The monoisotopic (exact) mass is 577 g/mol. The first-order valence-corrected chi connectivity index (χ1v) is 15.7. The van der Waals surface area contributed by atoms with Gasteiger partial charge in [-0.2, -0.15) is 0 Å². The summed E-state index contributed by atoms with van der Waals surface area (Å²) < 4.78 is 4.92. The van der Waals surface area contributed by atoms with Gasteiger partial charge in [-0.25, -0.2) is 9.97 Å². The van der Waals surface area contributed by atoms with Crippen molar-refractivity contribution in [3.63, 3.8) is 0 Å². The molecule has 10 rings (SSSR count). The summed E-state index contributed by atoms with van der Waals surface area (Å²) in [5.41, 5.74) is 5.24. The number of aromatic nitrogens is 3. The molecule has 0 saturated heterocycles. The first-order chi connectivity index (χ1) is 21.8. The summed E-state index contributed by atoms with van der Waals surface area (Å²) in [7, 11) is 0. The molecule has 0 fully saturated rings. The molecular formula is C40H23N3S. The number of hydrogen-bond donors (Lipinski definition) is 0. The van der Waals surface area contributed by atoms with Crippen LogP contribution in [-0.2, 0) is 0 Å². The molecule has 3 heterocycles. The zero-order valence-electron chi connectivity index (χ0n) is 23.5. The number of fused-ring (bicyclic) bond motifs is 12. The minimum atomic E-state index is 0.685. The van der Waals surface area contributed by atoms with E-state index in [-0.39, 0.29) is 0 Å². The highest BCUT2D eigenvalue weighted by molar-refractivity contribution is 7.26. The first kappa shape index (κ1) is 23.9. The van der Waals surface area contributed by atoms with Gasteiger partial charge in [0, 0.05) is 52.7 Å². The lowest BCUT2D eigenvalue weighted by molar-refractivity contribution is 1.02. The molecule has 0 unspecified atom stereocenters. The van der Waals surface area contributed by atoms with Crippen LogP contribution in [0.1, 0.15) is 0 Å². The average molecular weight is 578 g/mol. The molecular weight excluding hydrogens is 555 g/mol. The van der Waals surface area contributed by atoms with Gasteiger partial charge in [0.05, 0.1) is 22.2 Å². The highest BCUT2D eigenvalue weighted by atomic mass is 32.1. The van der Waals surface area contributed by atoms with Crippen LogP contribution in [0.3, 0.4) is 0 Å². The third-order valence-corrected chi connectivity index (χ3v) is 10.2. The van der Waals surface area contributed by atoms with E-state index in [1.807, 2.05) is 11.3 Å². The smallest absolute Gasteiger partial charge is 0.235 e. The Balaban J connectivity index is 1.43. The Kier molecular flexibility index (Phi) is 4.87. The van der Waals surface area contributed by atoms with E-state index in [2.05, 4.69) is 144 Å². The third-order valence-electron chi connectivity index (χ3n) is 8.99. The largest absolute Gasteiger partial charge is 0.277 e. The normalized spacial score (nSPS) is 12.1. The van der Waals surface area contributed by atoms with E-state index in [4.69, 9.17) is 9.97 Å². The van der Waals surface area contributed by atoms with Gasteiger partial charge in [0.25, 0.3) is 0 Å². The molecule has 3 nitrogen and oxygen atoms in total. The molecule has 0 amide bonds. The molecule has 0 aliphatic rings. The Hall–Kier alpha value is -5.58. The van der Waals surface area contributed by atoms with Crippen molar-refractivity contribution in [2.75, 3.05) is 0 Å². The van der Waals surface area contributed by atoms with E-state index in [0.29, 0.717) is 5.95 Å². The van der Waals surface area contributed by atoms with Crippen LogP contribution in [0.5, 0.6) is 0 Å². The van der Waals surface area contributed by atoms with Crippen molar-refractivity contribution in [3.05, 3.63) is 140 Å². The quantitative estimate of drug-likeness (QED) is 0.191. The van der Waals surface area contributed by atoms with Crippen molar-refractivity contribution in [1.29, 1.82) is 0 Å². The minimum absolute atomic E-state index is 0.685. The van der Waals surface area contributed by atoms with Crippen LogP contribution in [0.4, 0.5) is 0 Å². The molecule has 0 saturated carbocycles. The zero-order valence-corrected chi connectivity index (χ0v) is 24.3. The van der Waals surface area contributed by atoms with Gasteiger partial charge >= 0.3 is 0 Å². The first-order valence-electron chi connectivity index (χ1n) is 14.8. The van der Waals surface area contributed by atoms with Gasteiger partial charge in [0.15, 0.2) is 0 Å². The predicted molar refractivity (Wildman–Crippen MR) is 187 cm³/mol. The van der Waals surface area contributed by atoms with Gasteiger partial charge in [-0.15, -0.1) is 11.3 Å². The van der Waals surface area contributed by atoms with E-state index in [1.165, 1.54) is 47.1 Å². The Morgan fingerprint density at radius 2 is 1.14 bits per heavy atom. The minimum Gasteiger partial charge on any atom is -0.277 e. The summed E-state index contributed by atoms with van der Waals surface area (Å²) >= 11 is 1.87. The number of rotatable bonds is 2. The van der Waals surface area contributed by atoms with Crippen molar-refractivity contribution < 1.29 is 0 Å². The summed E-state index contributed by atoms with van der Waals surface area (Å²) in [6.07, 6.45) is 0. The maximum absolute atomic E-state index is 5.42. The molecule has 0 aliphatic carbocycles. The van der Waals surface area contributed by atoms with E-state index in [0.717, 1.165) is 38.6 Å². The second-order valence-corrected chi connectivity index (χ2v) is 12.4. The number of thiophene rings is 1. The van der Waals surface area contributed by atoms with Crippen LogP contribution < -0.4 is 0 Å². The summed E-state index contributed by atoms with van der Waals surface area (Å²) in [4.78, 5) is 10.8. The highest BCUT2D eigenvalue weighted by Crippen LogP contribution is 2.45. The molecule has 7 aromatic carbocycles. The van der Waals surface area contributed by atoms with Crippen LogP contribution in [-0.4, -0.2) is 14.5 Å². The molecule has 3 aromatic heterocycles. The van der Waals surface area contributed by atoms with Crippen molar-refractivity contribution >= 4 is 85.8 Å². The maximum atomic E-state index is 5.42. The molecule has 4 heteroatoms. The van der Waals surface area contributed by atoms with Gasteiger partial charge in [-0.3, -0.25) is 4.57 Å². The van der Waals surface area contributed by atoms with Crippen molar-refractivity contribution in [3.8, 4) is 17.2 Å². The van der Waals surface area contributed by atoms with E-state index < -0.39 is 0 Å². The summed E-state index contributed by atoms with van der Waals surface area (Å²) in [5.74, 6) is 0.685. The maximum Gasteiger partial charge on any atom is 0.235 e. The fraction of sp³-hybridized carbons (Fsp3) is 0. The fourth-order valence-corrected chi connectivity index (χ4v) is 8.28. The predicted octanol–water partition coefficient (Wildman–Crippen LogP) is 11.1. The standard InChI is InChI=1S/C40H23N3S/c1-2-12-26(13-3-1)36-32-21-19-24-10-4-6-14-27(24)37(32)42-40(41-36)43-33-23-22-30-29-16-8-9-17-34(29)44-39(30)35(33)31-20-18-25-11-5-7-15-28(25)38(31)43/h1-23H. The van der Waals surface area contributed by atoms with E-state index >= 15 is 0 Å². The van der Waals surface area contributed by atoms with Crippen molar-refractivity contribution in [2.45, 2.75) is 0 Å². The van der Waals surface area contributed by atoms with Crippen molar-refractivity contribution in [1.82, 2.24) is 14.5 Å².